The van der Waals surface area contributed by atoms with Gasteiger partial charge in [-0.05, 0) is 72.5 Å². The molecule has 0 fully saturated rings. The molecule has 0 aliphatic carbocycles. The van der Waals surface area contributed by atoms with E-state index in [9.17, 15) is 23.1 Å². The van der Waals surface area contributed by atoms with Crippen molar-refractivity contribution in [2.24, 2.45) is 0 Å². The Bertz CT molecular complexity index is 2040. The van der Waals surface area contributed by atoms with Gasteiger partial charge in [0.15, 0.2) is 5.76 Å². The number of furan rings is 1. The summed E-state index contributed by atoms with van der Waals surface area (Å²) in [5, 5.41) is 14.0. The Morgan fingerprint density at radius 3 is 2.23 bits per heavy atom. The van der Waals surface area contributed by atoms with Crippen LogP contribution in [0.1, 0.15) is 23.0 Å². The first-order valence-corrected chi connectivity index (χ1v) is 15.0. The van der Waals surface area contributed by atoms with Crippen LogP contribution in [0.5, 0.6) is 0 Å². The summed E-state index contributed by atoms with van der Waals surface area (Å²) >= 11 is 0. The van der Waals surface area contributed by atoms with Gasteiger partial charge >= 0.3 is 6.09 Å². The van der Waals surface area contributed by atoms with Gasteiger partial charge in [0, 0.05) is 28.7 Å². The minimum Gasteiger partial charge on any atom is -0.464 e. The van der Waals surface area contributed by atoms with E-state index in [0.717, 1.165) is 32.0 Å². The third-order valence-electron chi connectivity index (χ3n) is 7.17. The smallest absolute Gasteiger partial charge is 0.416 e. The van der Waals surface area contributed by atoms with Crippen molar-refractivity contribution in [3.8, 4) is 11.1 Å². The van der Waals surface area contributed by atoms with Gasteiger partial charge in [-0.25, -0.2) is 17.9 Å². The molecule has 0 saturated carbocycles. The van der Waals surface area contributed by atoms with Crippen molar-refractivity contribution < 1.29 is 27.5 Å². The van der Waals surface area contributed by atoms with Gasteiger partial charge in [0.05, 0.1) is 10.4 Å². The number of fused-ring (bicyclic) bond motifs is 2. The molecule has 0 aliphatic heterocycles. The summed E-state index contributed by atoms with van der Waals surface area (Å²) < 4.78 is 35.7. The number of benzene rings is 4. The van der Waals surface area contributed by atoms with Crippen LogP contribution >= 0.6 is 0 Å². The Labute approximate surface area is 247 Å². The Balaban J connectivity index is 1.11. The Morgan fingerprint density at radius 2 is 1.53 bits per heavy atom. The van der Waals surface area contributed by atoms with Crippen molar-refractivity contribution in [2.75, 3.05) is 5.32 Å². The van der Waals surface area contributed by atoms with Crippen LogP contribution in [0.3, 0.4) is 0 Å². The highest BCUT2D eigenvalue weighted by Crippen LogP contribution is 2.26. The molecule has 2 aromatic heterocycles. The molecule has 1 atom stereocenters. The standard InChI is InChI=1S/C33H27N3O6S/c1-21(18-25-20-36(33(38)39)29-8-4-3-7-28(25)29)35-43(40,41)27-16-12-23(13-17-27)22-10-14-26(15-11-22)34-32(37)31-19-24-6-2-5-9-30(24)42-31/h2-17,19-21,35H,18H2,1H3,(H,34,37)(H,38,39)/t21-/m1/s1. The van der Waals surface area contributed by atoms with Crippen molar-refractivity contribution in [3.63, 3.8) is 0 Å². The molecule has 6 rings (SSSR count). The van der Waals surface area contributed by atoms with Crippen LogP contribution in [0.4, 0.5) is 10.5 Å². The zero-order chi connectivity index (χ0) is 30.1. The number of carbonyl (C=O) groups excluding carboxylic acids is 1. The summed E-state index contributed by atoms with van der Waals surface area (Å²) in [6, 6.07) is 29.5. The van der Waals surface area contributed by atoms with Crippen LogP contribution in [-0.4, -0.2) is 36.1 Å². The molecule has 2 heterocycles. The molecule has 0 aliphatic rings. The van der Waals surface area contributed by atoms with Gasteiger partial charge in [-0.15, -0.1) is 0 Å². The second kappa shape index (κ2) is 11.2. The van der Waals surface area contributed by atoms with Crippen LogP contribution < -0.4 is 10.0 Å². The maximum absolute atomic E-state index is 13.1. The number of carbonyl (C=O) groups is 2. The Hall–Kier alpha value is -5.19. The first kappa shape index (κ1) is 28.0. The van der Waals surface area contributed by atoms with Gasteiger partial charge in [0.25, 0.3) is 5.91 Å². The summed E-state index contributed by atoms with van der Waals surface area (Å²) in [7, 11) is -3.83. The van der Waals surface area contributed by atoms with Gasteiger partial charge in [-0.1, -0.05) is 60.7 Å². The van der Waals surface area contributed by atoms with E-state index in [1.807, 2.05) is 42.5 Å². The molecular formula is C33H27N3O6S. The SMILES string of the molecule is C[C@H](Cc1cn(C(=O)O)c2ccccc12)NS(=O)(=O)c1ccc(-c2ccc(NC(=O)c3cc4ccccc4o3)cc2)cc1. The van der Waals surface area contributed by atoms with E-state index in [0.29, 0.717) is 23.2 Å². The second-order valence-corrected chi connectivity index (χ2v) is 12.0. The first-order valence-electron chi connectivity index (χ1n) is 13.5. The van der Waals surface area contributed by atoms with E-state index < -0.39 is 22.2 Å². The number of hydrogen-bond donors (Lipinski definition) is 3. The molecule has 0 saturated heterocycles. The Morgan fingerprint density at radius 1 is 0.884 bits per heavy atom. The molecule has 9 nitrogen and oxygen atoms in total. The fourth-order valence-electron chi connectivity index (χ4n) is 5.13. The summed E-state index contributed by atoms with van der Waals surface area (Å²) in [6.07, 6.45) is 0.747. The lowest BCUT2D eigenvalue weighted by Gasteiger charge is -2.14. The third kappa shape index (κ3) is 5.78. The third-order valence-corrected chi connectivity index (χ3v) is 8.78. The summed E-state index contributed by atoms with van der Waals surface area (Å²) in [5.41, 5.74) is 4.18. The molecule has 10 heteroatoms. The fourth-order valence-corrected chi connectivity index (χ4v) is 6.38. The van der Waals surface area contributed by atoms with Crippen LogP contribution in [0, 0.1) is 0 Å². The number of anilines is 1. The molecule has 1 amide bonds. The number of sulfonamides is 1. The zero-order valence-electron chi connectivity index (χ0n) is 23.0. The quantitative estimate of drug-likeness (QED) is 0.179. The topological polar surface area (TPSA) is 131 Å². The highest BCUT2D eigenvalue weighted by Gasteiger charge is 2.20. The van der Waals surface area contributed by atoms with E-state index in [2.05, 4.69) is 10.0 Å². The molecule has 0 unspecified atom stereocenters. The van der Waals surface area contributed by atoms with Crippen LogP contribution in [0.2, 0.25) is 0 Å². The molecule has 6 aromatic rings. The van der Waals surface area contributed by atoms with E-state index in [1.165, 1.54) is 18.3 Å². The van der Waals surface area contributed by atoms with Crippen molar-refractivity contribution in [3.05, 3.63) is 121 Å². The average Bonchev–Trinajstić information content (AvgIpc) is 3.60. The maximum Gasteiger partial charge on any atom is 0.416 e. The number of para-hydroxylation sites is 2. The predicted octanol–water partition coefficient (Wildman–Crippen LogP) is 6.74. The van der Waals surface area contributed by atoms with Crippen molar-refractivity contribution in [1.29, 1.82) is 0 Å². The number of amides is 1. The van der Waals surface area contributed by atoms with Gasteiger partial charge in [0.2, 0.25) is 10.0 Å². The number of nitrogens with one attached hydrogen (secondary N) is 2. The van der Waals surface area contributed by atoms with Crippen LogP contribution in [-0.2, 0) is 16.4 Å². The van der Waals surface area contributed by atoms with Gasteiger partial charge in [0.1, 0.15) is 5.58 Å². The molecule has 0 radical (unpaired) electrons. The van der Waals surface area contributed by atoms with Gasteiger partial charge in [-0.2, -0.15) is 0 Å². The largest absolute Gasteiger partial charge is 0.464 e. The van der Waals surface area contributed by atoms with Crippen molar-refractivity contribution >= 4 is 49.6 Å². The predicted molar refractivity (Wildman–Crippen MR) is 165 cm³/mol. The number of rotatable bonds is 8. The highest BCUT2D eigenvalue weighted by atomic mass is 32.2. The lowest BCUT2D eigenvalue weighted by atomic mass is 10.1. The number of aromatic nitrogens is 1. The summed E-state index contributed by atoms with van der Waals surface area (Å²) in [6.45, 7) is 1.74. The molecule has 0 spiro atoms. The first-order chi connectivity index (χ1) is 20.7. The minimum absolute atomic E-state index is 0.116. The van der Waals surface area contributed by atoms with Gasteiger partial charge in [-0.3, -0.25) is 9.36 Å². The lowest BCUT2D eigenvalue weighted by Crippen LogP contribution is -2.34. The number of nitrogens with zero attached hydrogens (tertiary/aromatic N) is 1. The molecule has 43 heavy (non-hydrogen) atoms. The van der Waals surface area contributed by atoms with E-state index >= 15 is 0 Å². The molecule has 3 N–H and O–H groups in total. The van der Waals surface area contributed by atoms with E-state index in [1.54, 1.807) is 55.5 Å². The average molecular weight is 594 g/mol. The molecule has 216 valence electrons. The summed E-state index contributed by atoms with van der Waals surface area (Å²) in [4.78, 5) is 24.4. The number of carboxylic acid groups (broad SMARTS) is 1. The lowest BCUT2D eigenvalue weighted by molar-refractivity contribution is 0.0998. The summed E-state index contributed by atoms with van der Waals surface area (Å²) in [5.74, 6) is -0.134. The maximum atomic E-state index is 13.1. The van der Waals surface area contributed by atoms with E-state index in [4.69, 9.17) is 4.42 Å². The minimum atomic E-state index is -3.83. The fraction of sp³-hybridized carbons (Fsp3) is 0.0909. The van der Waals surface area contributed by atoms with E-state index in [-0.39, 0.29) is 16.6 Å². The highest BCUT2D eigenvalue weighted by molar-refractivity contribution is 7.89. The van der Waals surface area contributed by atoms with Crippen molar-refractivity contribution in [1.82, 2.24) is 9.29 Å². The number of hydrogen-bond acceptors (Lipinski definition) is 5. The monoisotopic (exact) mass is 593 g/mol. The Kier molecular flexibility index (Phi) is 7.31. The normalized spacial score (nSPS) is 12.4. The van der Waals surface area contributed by atoms with Crippen LogP contribution in [0.15, 0.2) is 119 Å². The second-order valence-electron chi connectivity index (χ2n) is 10.3. The zero-order valence-corrected chi connectivity index (χ0v) is 23.8. The van der Waals surface area contributed by atoms with Crippen LogP contribution in [0.25, 0.3) is 33.0 Å². The molecule has 0 bridgehead atoms. The molecule has 4 aromatic carbocycles. The van der Waals surface area contributed by atoms with Crippen molar-refractivity contribution in [2.45, 2.75) is 24.3 Å². The van der Waals surface area contributed by atoms with Gasteiger partial charge < -0.3 is 14.8 Å². The molecular weight excluding hydrogens is 566 g/mol.